The number of ether oxygens (including phenoxy) is 3. The third-order valence-corrected chi connectivity index (χ3v) is 3.13. The molecule has 5 heteroatoms. The predicted octanol–water partition coefficient (Wildman–Crippen LogP) is 1.76. The molecule has 0 unspecified atom stereocenters. The van der Waals surface area contributed by atoms with Gasteiger partial charge < -0.3 is 19.9 Å². The lowest BCUT2D eigenvalue weighted by Gasteiger charge is -2.23. The number of hydrogen-bond acceptors (Lipinski definition) is 5. The molecule has 0 aromatic heterocycles. The summed E-state index contributed by atoms with van der Waals surface area (Å²) < 4.78 is 15.7. The van der Waals surface area contributed by atoms with E-state index in [-0.39, 0.29) is 0 Å². The van der Waals surface area contributed by atoms with Crippen LogP contribution in [0.5, 0.6) is 5.75 Å². The van der Waals surface area contributed by atoms with Crippen LogP contribution in [0.2, 0.25) is 0 Å². The van der Waals surface area contributed by atoms with Gasteiger partial charge in [-0.3, -0.25) is 4.90 Å². The highest BCUT2D eigenvalue weighted by atomic mass is 16.5. The fraction of sp³-hybridized carbons (Fsp3) is 0.600. The van der Waals surface area contributed by atoms with Gasteiger partial charge in [0.1, 0.15) is 5.75 Å². The predicted molar refractivity (Wildman–Crippen MR) is 81.1 cm³/mol. The summed E-state index contributed by atoms with van der Waals surface area (Å²) in [6, 6.07) is 5.73. The first-order chi connectivity index (χ1) is 9.71. The van der Waals surface area contributed by atoms with Crippen molar-refractivity contribution >= 4 is 5.69 Å². The summed E-state index contributed by atoms with van der Waals surface area (Å²) in [5.41, 5.74) is 7.71. The SMILES string of the molecule is COCCCN(CCOC)Cc1cc(N)ccc1OC. The molecule has 0 aliphatic rings. The second kappa shape index (κ2) is 9.58. The zero-order valence-corrected chi connectivity index (χ0v) is 12.7. The van der Waals surface area contributed by atoms with Crippen LogP contribution in [0.15, 0.2) is 18.2 Å². The molecule has 0 radical (unpaired) electrons. The Kier molecular flexibility index (Phi) is 8.02. The van der Waals surface area contributed by atoms with Crippen molar-refractivity contribution in [1.82, 2.24) is 4.90 Å². The quantitative estimate of drug-likeness (QED) is 0.523. The first-order valence-electron chi connectivity index (χ1n) is 6.84. The van der Waals surface area contributed by atoms with Crippen molar-refractivity contribution < 1.29 is 14.2 Å². The molecule has 0 bridgehead atoms. The average Bonchev–Trinajstić information content (AvgIpc) is 2.45. The first-order valence-corrected chi connectivity index (χ1v) is 6.84. The van der Waals surface area contributed by atoms with Crippen LogP contribution in [0.4, 0.5) is 5.69 Å². The zero-order chi connectivity index (χ0) is 14.8. The van der Waals surface area contributed by atoms with Gasteiger partial charge in [-0.05, 0) is 24.6 Å². The second-order valence-corrected chi connectivity index (χ2v) is 4.69. The molecule has 0 saturated carbocycles. The lowest BCUT2D eigenvalue weighted by Crippen LogP contribution is -2.29. The van der Waals surface area contributed by atoms with E-state index in [9.17, 15) is 0 Å². The van der Waals surface area contributed by atoms with Gasteiger partial charge >= 0.3 is 0 Å². The van der Waals surface area contributed by atoms with Gasteiger partial charge in [0.05, 0.1) is 13.7 Å². The molecule has 0 aliphatic heterocycles. The van der Waals surface area contributed by atoms with Crippen LogP contribution in [0, 0.1) is 0 Å². The maximum Gasteiger partial charge on any atom is 0.123 e. The number of anilines is 1. The Labute approximate surface area is 121 Å². The molecule has 2 N–H and O–H groups in total. The van der Waals surface area contributed by atoms with Crippen molar-refractivity contribution in [2.24, 2.45) is 0 Å². The number of hydrogen-bond donors (Lipinski definition) is 1. The Hall–Kier alpha value is -1.30. The van der Waals surface area contributed by atoms with Crippen LogP contribution >= 0.6 is 0 Å². The van der Waals surface area contributed by atoms with E-state index in [0.29, 0.717) is 6.61 Å². The number of nitrogen functional groups attached to an aromatic ring is 1. The Morgan fingerprint density at radius 3 is 2.45 bits per heavy atom. The van der Waals surface area contributed by atoms with Crippen molar-refractivity contribution in [3.05, 3.63) is 23.8 Å². The highest BCUT2D eigenvalue weighted by Gasteiger charge is 2.10. The number of benzene rings is 1. The van der Waals surface area contributed by atoms with Crippen molar-refractivity contribution in [3.8, 4) is 5.75 Å². The summed E-state index contributed by atoms with van der Waals surface area (Å²) in [6.07, 6.45) is 0.991. The Morgan fingerprint density at radius 2 is 1.80 bits per heavy atom. The molecule has 0 saturated heterocycles. The van der Waals surface area contributed by atoms with E-state index in [1.54, 1.807) is 21.3 Å². The summed E-state index contributed by atoms with van der Waals surface area (Å²) in [6.45, 7) is 4.09. The molecule has 1 aromatic rings. The summed E-state index contributed by atoms with van der Waals surface area (Å²) >= 11 is 0. The number of rotatable bonds is 10. The number of nitrogens with two attached hydrogens (primary N) is 1. The fourth-order valence-corrected chi connectivity index (χ4v) is 2.09. The highest BCUT2D eigenvalue weighted by molar-refractivity contribution is 5.47. The van der Waals surface area contributed by atoms with Crippen LogP contribution < -0.4 is 10.5 Å². The summed E-state index contributed by atoms with van der Waals surface area (Å²) in [5, 5.41) is 0. The molecule has 0 aliphatic carbocycles. The second-order valence-electron chi connectivity index (χ2n) is 4.69. The van der Waals surface area contributed by atoms with E-state index < -0.39 is 0 Å². The maximum atomic E-state index is 5.86. The van der Waals surface area contributed by atoms with Crippen molar-refractivity contribution in [1.29, 1.82) is 0 Å². The molecule has 0 atom stereocenters. The minimum absolute atomic E-state index is 0.706. The van der Waals surface area contributed by atoms with E-state index >= 15 is 0 Å². The third-order valence-electron chi connectivity index (χ3n) is 3.13. The van der Waals surface area contributed by atoms with Gasteiger partial charge in [0.25, 0.3) is 0 Å². The minimum atomic E-state index is 0.706. The first kappa shape index (κ1) is 16.8. The summed E-state index contributed by atoms with van der Waals surface area (Å²) in [5.74, 6) is 0.869. The number of methoxy groups -OCH3 is 3. The van der Waals surface area contributed by atoms with E-state index in [1.165, 1.54) is 0 Å². The Balaban J connectivity index is 2.68. The molecular weight excluding hydrogens is 256 g/mol. The summed E-state index contributed by atoms with van der Waals surface area (Å²) in [4.78, 5) is 2.32. The summed E-state index contributed by atoms with van der Waals surface area (Å²) in [7, 11) is 5.12. The molecule has 5 nitrogen and oxygen atoms in total. The largest absolute Gasteiger partial charge is 0.496 e. The standard InChI is InChI=1S/C15H26N2O3/c1-18-9-4-7-17(8-10-19-2)12-13-11-14(16)5-6-15(13)20-3/h5-6,11H,4,7-10,12,16H2,1-3H3. The van der Waals surface area contributed by atoms with Crippen molar-refractivity contribution in [2.45, 2.75) is 13.0 Å². The average molecular weight is 282 g/mol. The molecule has 0 spiro atoms. The van der Waals surface area contributed by atoms with Crippen molar-refractivity contribution in [2.75, 3.05) is 53.4 Å². The van der Waals surface area contributed by atoms with Gasteiger partial charge in [0.2, 0.25) is 0 Å². The highest BCUT2D eigenvalue weighted by Crippen LogP contribution is 2.22. The maximum absolute atomic E-state index is 5.86. The van der Waals surface area contributed by atoms with Gasteiger partial charge in [-0.25, -0.2) is 0 Å². The Morgan fingerprint density at radius 1 is 1.05 bits per heavy atom. The topological polar surface area (TPSA) is 57.0 Å². The van der Waals surface area contributed by atoms with Gasteiger partial charge in [0, 0.05) is 51.7 Å². The molecule has 20 heavy (non-hydrogen) atoms. The normalized spacial score (nSPS) is 11.0. The van der Waals surface area contributed by atoms with Crippen molar-refractivity contribution in [3.63, 3.8) is 0 Å². The molecular formula is C15H26N2O3. The molecule has 1 rings (SSSR count). The fourth-order valence-electron chi connectivity index (χ4n) is 2.09. The van der Waals surface area contributed by atoms with E-state index in [4.69, 9.17) is 19.9 Å². The van der Waals surface area contributed by atoms with Gasteiger partial charge in [-0.2, -0.15) is 0 Å². The van der Waals surface area contributed by atoms with Crippen LogP contribution in [0.3, 0.4) is 0 Å². The smallest absolute Gasteiger partial charge is 0.123 e. The van der Waals surface area contributed by atoms with Gasteiger partial charge in [-0.1, -0.05) is 0 Å². The van der Waals surface area contributed by atoms with E-state index in [2.05, 4.69) is 4.90 Å². The molecule has 1 aromatic carbocycles. The molecule has 0 fully saturated rings. The molecule has 114 valence electrons. The van der Waals surface area contributed by atoms with E-state index in [0.717, 1.165) is 49.7 Å². The minimum Gasteiger partial charge on any atom is -0.496 e. The van der Waals surface area contributed by atoms with E-state index in [1.807, 2.05) is 18.2 Å². The monoisotopic (exact) mass is 282 g/mol. The van der Waals surface area contributed by atoms with Crippen LogP contribution in [-0.2, 0) is 16.0 Å². The van der Waals surface area contributed by atoms with Crippen LogP contribution in [-0.4, -0.2) is 52.5 Å². The van der Waals surface area contributed by atoms with Crippen LogP contribution in [0.25, 0.3) is 0 Å². The molecule has 0 amide bonds. The number of nitrogens with zero attached hydrogens (tertiary/aromatic N) is 1. The molecule has 0 heterocycles. The third kappa shape index (κ3) is 5.77. The zero-order valence-electron chi connectivity index (χ0n) is 12.7. The van der Waals surface area contributed by atoms with Crippen LogP contribution in [0.1, 0.15) is 12.0 Å². The Bertz CT molecular complexity index is 385. The van der Waals surface area contributed by atoms with Gasteiger partial charge in [-0.15, -0.1) is 0 Å². The lowest BCUT2D eigenvalue weighted by molar-refractivity contribution is 0.128. The van der Waals surface area contributed by atoms with Gasteiger partial charge in [0.15, 0.2) is 0 Å². The lowest BCUT2D eigenvalue weighted by atomic mass is 10.1.